The fraction of sp³-hybridized carbons (Fsp3) is 0.357. The summed E-state index contributed by atoms with van der Waals surface area (Å²) in [6.45, 7) is 0.828. The fourth-order valence-corrected chi connectivity index (χ4v) is 1.72. The van der Waals surface area contributed by atoms with Crippen molar-refractivity contribution in [3.63, 3.8) is 0 Å². The molecule has 1 aromatic carbocycles. The van der Waals surface area contributed by atoms with Crippen molar-refractivity contribution < 1.29 is 9.53 Å². The van der Waals surface area contributed by atoms with E-state index in [1.807, 2.05) is 36.4 Å². The van der Waals surface area contributed by atoms with Crippen LogP contribution in [0.25, 0.3) is 0 Å². The zero-order valence-corrected chi connectivity index (χ0v) is 10.8. The first-order valence-corrected chi connectivity index (χ1v) is 5.81. The number of benzene rings is 1. The molecule has 0 aromatic heterocycles. The van der Waals surface area contributed by atoms with Gasteiger partial charge in [0.05, 0.1) is 38.8 Å². The summed E-state index contributed by atoms with van der Waals surface area (Å²) in [6.07, 6.45) is 0.194. The molecular formula is C14H15N3O2. The second kappa shape index (κ2) is 7.86. The molecule has 1 rings (SSSR count). The number of nitriles is 2. The SMILES string of the molecule is COC(=O)Cc1ccccc1CN(CC#N)CC#N. The molecule has 0 saturated heterocycles. The van der Waals surface area contributed by atoms with Crippen molar-refractivity contribution in [1.29, 1.82) is 10.5 Å². The molecule has 0 heterocycles. The van der Waals surface area contributed by atoms with Crippen molar-refractivity contribution in [1.82, 2.24) is 4.90 Å². The van der Waals surface area contributed by atoms with E-state index in [1.54, 1.807) is 4.90 Å². The smallest absolute Gasteiger partial charge is 0.309 e. The summed E-state index contributed by atoms with van der Waals surface area (Å²) in [4.78, 5) is 13.0. The van der Waals surface area contributed by atoms with E-state index >= 15 is 0 Å². The molecule has 0 radical (unpaired) electrons. The Bertz CT molecular complexity index is 498. The van der Waals surface area contributed by atoms with E-state index in [-0.39, 0.29) is 25.5 Å². The second-order valence-corrected chi connectivity index (χ2v) is 3.98. The standard InChI is InChI=1S/C14H15N3O2/c1-19-14(18)10-12-4-2-3-5-13(12)11-17(8-6-15)9-7-16/h2-5H,8-11H2,1H3. The van der Waals surface area contributed by atoms with Gasteiger partial charge >= 0.3 is 5.97 Å². The first-order valence-electron chi connectivity index (χ1n) is 5.81. The second-order valence-electron chi connectivity index (χ2n) is 3.98. The third-order valence-corrected chi connectivity index (χ3v) is 2.66. The minimum atomic E-state index is -0.306. The van der Waals surface area contributed by atoms with E-state index in [2.05, 4.69) is 4.74 Å². The first-order chi connectivity index (χ1) is 9.21. The van der Waals surface area contributed by atoms with Gasteiger partial charge in [0.25, 0.3) is 0 Å². The van der Waals surface area contributed by atoms with Gasteiger partial charge in [0.15, 0.2) is 0 Å². The number of nitrogens with zero attached hydrogens (tertiary/aromatic N) is 3. The average molecular weight is 257 g/mol. The number of hydrogen-bond acceptors (Lipinski definition) is 5. The van der Waals surface area contributed by atoms with Gasteiger partial charge in [-0.15, -0.1) is 0 Å². The molecule has 19 heavy (non-hydrogen) atoms. The predicted octanol–water partition coefficient (Wildman–Crippen LogP) is 1.25. The molecule has 0 saturated carbocycles. The van der Waals surface area contributed by atoms with Crippen LogP contribution in [0, 0.1) is 22.7 Å². The topological polar surface area (TPSA) is 77.1 Å². The van der Waals surface area contributed by atoms with Crippen LogP contribution in [0.2, 0.25) is 0 Å². The first kappa shape index (κ1) is 14.7. The molecule has 0 aliphatic carbocycles. The van der Waals surface area contributed by atoms with Crippen LogP contribution in [0.5, 0.6) is 0 Å². The highest BCUT2D eigenvalue weighted by Gasteiger charge is 2.11. The number of carbonyl (C=O) groups is 1. The van der Waals surface area contributed by atoms with Crippen LogP contribution >= 0.6 is 0 Å². The molecule has 0 amide bonds. The highest BCUT2D eigenvalue weighted by atomic mass is 16.5. The Morgan fingerprint density at radius 2 is 1.79 bits per heavy atom. The van der Waals surface area contributed by atoms with E-state index in [1.165, 1.54) is 7.11 Å². The highest BCUT2D eigenvalue weighted by Crippen LogP contribution is 2.13. The third kappa shape index (κ3) is 4.79. The van der Waals surface area contributed by atoms with E-state index in [0.717, 1.165) is 11.1 Å². The van der Waals surface area contributed by atoms with Crippen LogP contribution in [0.15, 0.2) is 24.3 Å². The molecule has 98 valence electrons. The monoisotopic (exact) mass is 257 g/mol. The van der Waals surface area contributed by atoms with Crippen LogP contribution in [-0.4, -0.2) is 31.1 Å². The maximum absolute atomic E-state index is 11.3. The largest absolute Gasteiger partial charge is 0.469 e. The maximum atomic E-state index is 11.3. The van der Waals surface area contributed by atoms with E-state index in [0.29, 0.717) is 6.54 Å². The van der Waals surface area contributed by atoms with Crippen molar-refractivity contribution in [2.75, 3.05) is 20.2 Å². The fourth-order valence-electron chi connectivity index (χ4n) is 1.72. The van der Waals surface area contributed by atoms with Gasteiger partial charge in [-0.1, -0.05) is 24.3 Å². The van der Waals surface area contributed by atoms with Gasteiger partial charge in [0, 0.05) is 6.54 Å². The molecule has 0 N–H and O–H groups in total. The van der Waals surface area contributed by atoms with Gasteiger partial charge in [0.2, 0.25) is 0 Å². The number of rotatable bonds is 6. The van der Waals surface area contributed by atoms with E-state index < -0.39 is 0 Å². The molecule has 5 nitrogen and oxygen atoms in total. The Morgan fingerprint density at radius 3 is 2.32 bits per heavy atom. The number of methoxy groups -OCH3 is 1. The van der Waals surface area contributed by atoms with Gasteiger partial charge in [-0.3, -0.25) is 9.69 Å². The molecular weight excluding hydrogens is 242 g/mol. The van der Waals surface area contributed by atoms with Gasteiger partial charge in [-0.25, -0.2) is 0 Å². The Labute approximate surface area is 112 Å². The molecule has 0 fully saturated rings. The van der Waals surface area contributed by atoms with Gasteiger partial charge in [0.1, 0.15) is 0 Å². The quantitative estimate of drug-likeness (QED) is 0.566. The summed E-state index contributed by atoms with van der Waals surface area (Å²) in [7, 11) is 1.35. The lowest BCUT2D eigenvalue weighted by Crippen LogP contribution is -2.24. The number of ether oxygens (including phenoxy) is 1. The van der Waals surface area contributed by atoms with Crippen LogP contribution < -0.4 is 0 Å². The minimum absolute atomic E-state index is 0.181. The lowest BCUT2D eigenvalue weighted by molar-refractivity contribution is -0.139. The molecule has 0 unspecified atom stereocenters. The number of carbonyl (C=O) groups excluding carboxylic acids is 1. The Kier molecular flexibility index (Phi) is 6.08. The molecule has 0 bridgehead atoms. The molecule has 0 spiro atoms. The molecule has 1 aromatic rings. The maximum Gasteiger partial charge on any atom is 0.309 e. The summed E-state index contributed by atoms with van der Waals surface area (Å²) >= 11 is 0. The van der Waals surface area contributed by atoms with E-state index in [9.17, 15) is 4.79 Å². The minimum Gasteiger partial charge on any atom is -0.469 e. The molecule has 5 heteroatoms. The highest BCUT2D eigenvalue weighted by molar-refractivity contribution is 5.72. The summed E-state index contributed by atoms with van der Waals surface area (Å²) in [5.41, 5.74) is 1.79. The van der Waals surface area contributed by atoms with Gasteiger partial charge < -0.3 is 4.74 Å². The van der Waals surface area contributed by atoms with Crippen LogP contribution in [0.3, 0.4) is 0 Å². The summed E-state index contributed by atoms with van der Waals surface area (Å²) in [5, 5.41) is 17.4. The number of hydrogen-bond donors (Lipinski definition) is 0. The van der Waals surface area contributed by atoms with Crippen molar-refractivity contribution in [3.8, 4) is 12.1 Å². The summed E-state index contributed by atoms with van der Waals surface area (Å²) in [5.74, 6) is -0.306. The van der Waals surface area contributed by atoms with Crippen molar-refractivity contribution >= 4 is 5.97 Å². The zero-order valence-electron chi connectivity index (χ0n) is 10.8. The average Bonchev–Trinajstić information content (AvgIpc) is 2.41. The Balaban J connectivity index is 2.85. The van der Waals surface area contributed by atoms with Gasteiger partial charge in [-0.05, 0) is 11.1 Å². The molecule has 0 aliphatic rings. The van der Waals surface area contributed by atoms with Crippen molar-refractivity contribution in [2.24, 2.45) is 0 Å². The lowest BCUT2D eigenvalue weighted by Gasteiger charge is -2.17. The van der Waals surface area contributed by atoms with Crippen LogP contribution in [0.1, 0.15) is 11.1 Å². The molecule has 0 atom stereocenters. The van der Waals surface area contributed by atoms with Crippen molar-refractivity contribution in [3.05, 3.63) is 35.4 Å². The van der Waals surface area contributed by atoms with E-state index in [4.69, 9.17) is 10.5 Å². The Hall–Kier alpha value is -2.37. The van der Waals surface area contributed by atoms with Crippen molar-refractivity contribution in [2.45, 2.75) is 13.0 Å². The van der Waals surface area contributed by atoms with Crippen LogP contribution in [-0.2, 0) is 22.5 Å². The number of esters is 1. The lowest BCUT2D eigenvalue weighted by atomic mass is 10.0. The zero-order chi connectivity index (χ0) is 14.1. The Morgan fingerprint density at radius 1 is 1.21 bits per heavy atom. The predicted molar refractivity (Wildman–Crippen MR) is 68.7 cm³/mol. The summed E-state index contributed by atoms with van der Waals surface area (Å²) in [6, 6.07) is 11.5. The normalized spacial score (nSPS) is 9.68. The van der Waals surface area contributed by atoms with Crippen LogP contribution in [0.4, 0.5) is 0 Å². The molecule has 0 aliphatic heterocycles. The van der Waals surface area contributed by atoms with Gasteiger partial charge in [-0.2, -0.15) is 10.5 Å². The third-order valence-electron chi connectivity index (χ3n) is 2.66. The summed E-state index contributed by atoms with van der Waals surface area (Å²) < 4.78 is 4.65.